The van der Waals surface area contributed by atoms with Crippen molar-refractivity contribution in [2.75, 3.05) is 5.32 Å². The van der Waals surface area contributed by atoms with Gasteiger partial charge in [0.2, 0.25) is 0 Å². The number of rotatable bonds is 3. The Morgan fingerprint density at radius 2 is 2.04 bits per heavy atom. The first kappa shape index (κ1) is 14.8. The first-order chi connectivity index (χ1) is 11.6. The number of fused-ring (bicyclic) bond motifs is 2. The van der Waals surface area contributed by atoms with Gasteiger partial charge in [0.1, 0.15) is 5.58 Å². The third-order valence-corrected chi connectivity index (χ3v) is 4.49. The van der Waals surface area contributed by atoms with E-state index in [1.807, 2.05) is 43.3 Å². The van der Waals surface area contributed by atoms with Gasteiger partial charge >= 0.3 is 0 Å². The van der Waals surface area contributed by atoms with Gasteiger partial charge in [-0.05, 0) is 55.0 Å². The molecule has 2 aromatic carbocycles. The van der Waals surface area contributed by atoms with E-state index in [1.165, 1.54) is 0 Å². The van der Waals surface area contributed by atoms with Crippen molar-refractivity contribution in [2.45, 2.75) is 13.5 Å². The van der Waals surface area contributed by atoms with Gasteiger partial charge in [0.15, 0.2) is 0 Å². The van der Waals surface area contributed by atoms with Crippen molar-refractivity contribution in [1.82, 2.24) is 4.98 Å². The Labute approximate surface area is 143 Å². The minimum absolute atomic E-state index is 0.0978. The quantitative estimate of drug-likeness (QED) is 0.561. The normalized spacial score (nSPS) is 11.2. The number of aromatic amines is 1. The van der Waals surface area contributed by atoms with Crippen LogP contribution >= 0.6 is 11.6 Å². The minimum atomic E-state index is -0.0978. The Balaban J connectivity index is 1.67. The predicted molar refractivity (Wildman–Crippen MR) is 97.9 cm³/mol. The molecular formula is C19H15ClN2O2. The molecule has 4 nitrogen and oxygen atoms in total. The predicted octanol–water partition coefficient (Wildman–Crippen LogP) is 4.85. The molecule has 0 fully saturated rings. The van der Waals surface area contributed by atoms with Crippen molar-refractivity contribution in [3.8, 4) is 0 Å². The zero-order valence-electron chi connectivity index (χ0n) is 13.0. The number of aromatic nitrogens is 1. The molecule has 0 saturated heterocycles. The molecule has 0 saturated carbocycles. The maximum Gasteiger partial charge on any atom is 0.253 e. The number of aryl methyl sites for hydroxylation is 1. The lowest BCUT2D eigenvalue weighted by molar-refractivity contribution is 0.616. The molecular weight excluding hydrogens is 324 g/mol. The third kappa shape index (κ3) is 2.55. The topological polar surface area (TPSA) is 58.0 Å². The Morgan fingerprint density at radius 3 is 2.92 bits per heavy atom. The molecule has 2 heterocycles. The fraction of sp³-hybridized carbons (Fsp3) is 0.105. The van der Waals surface area contributed by atoms with Crippen molar-refractivity contribution >= 4 is 39.2 Å². The summed E-state index contributed by atoms with van der Waals surface area (Å²) in [6, 6.07) is 13.1. The van der Waals surface area contributed by atoms with Gasteiger partial charge in [0, 0.05) is 39.1 Å². The van der Waals surface area contributed by atoms with Crippen molar-refractivity contribution in [3.63, 3.8) is 0 Å². The highest BCUT2D eigenvalue weighted by molar-refractivity contribution is 6.31. The van der Waals surface area contributed by atoms with Crippen LogP contribution in [0.5, 0.6) is 0 Å². The fourth-order valence-corrected chi connectivity index (χ4v) is 3.11. The van der Waals surface area contributed by atoms with Gasteiger partial charge < -0.3 is 14.7 Å². The largest absolute Gasteiger partial charge is 0.464 e. The molecule has 0 unspecified atom stereocenters. The number of furan rings is 1. The fourth-order valence-electron chi connectivity index (χ4n) is 2.92. The highest BCUT2D eigenvalue weighted by Crippen LogP contribution is 2.26. The molecule has 24 heavy (non-hydrogen) atoms. The molecule has 120 valence electrons. The summed E-state index contributed by atoms with van der Waals surface area (Å²) < 4.78 is 5.40. The van der Waals surface area contributed by atoms with Crippen molar-refractivity contribution in [3.05, 3.63) is 75.2 Å². The zero-order valence-corrected chi connectivity index (χ0v) is 13.8. The average molecular weight is 339 g/mol. The van der Waals surface area contributed by atoms with Gasteiger partial charge in [-0.25, -0.2) is 0 Å². The summed E-state index contributed by atoms with van der Waals surface area (Å²) in [5.41, 5.74) is 4.28. The smallest absolute Gasteiger partial charge is 0.253 e. The summed E-state index contributed by atoms with van der Waals surface area (Å²) in [7, 11) is 0. The first-order valence-corrected chi connectivity index (χ1v) is 8.02. The van der Waals surface area contributed by atoms with Gasteiger partial charge in [0.05, 0.1) is 6.26 Å². The van der Waals surface area contributed by atoms with Crippen molar-refractivity contribution in [1.29, 1.82) is 0 Å². The molecule has 0 spiro atoms. The van der Waals surface area contributed by atoms with Gasteiger partial charge in [0.25, 0.3) is 5.56 Å². The van der Waals surface area contributed by atoms with Gasteiger partial charge in [-0.15, -0.1) is 0 Å². The number of anilines is 1. The molecule has 4 aromatic rings. The van der Waals surface area contributed by atoms with Crippen LogP contribution in [0.3, 0.4) is 0 Å². The summed E-state index contributed by atoms with van der Waals surface area (Å²) in [4.78, 5) is 15.1. The summed E-state index contributed by atoms with van der Waals surface area (Å²) in [6.45, 7) is 2.46. The summed E-state index contributed by atoms with van der Waals surface area (Å²) in [5, 5.41) is 5.97. The first-order valence-electron chi connectivity index (χ1n) is 7.64. The van der Waals surface area contributed by atoms with Crippen molar-refractivity contribution < 1.29 is 4.42 Å². The van der Waals surface area contributed by atoms with Crippen LogP contribution in [0.2, 0.25) is 5.02 Å². The SMILES string of the molecule is Cc1c(NCc2cc3cc(Cl)ccc3[nH]c2=O)ccc2occc12. The maximum atomic E-state index is 12.3. The highest BCUT2D eigenvalue weighted by atomic mass is 35.5. The molecule has 2 N–H and O–H groups in total. The van der Waals surface area contributed by atoms with Crippen LogP contribution in [0, 0.1) is 6.92 Å². The zero-order chi connectivity index (χ0) is 16.7. The Hall–Kier alpha value is -2.72. The van der Waals surface area contributed by atoms with Crippen LogP contribution in [-0.4, -0.2) is 4.98 Å². The molecule has 0 atom stereocenters. The van der Waals surface area contributed by atoms with Crippen LogP contribution in [-0.2, 0) is 6.54 Å². The number of hydrogen-bond acceptors (Lipinski definition) is 3. The monoisotopic (exact) mass is 338 g/mol. The Kier molecular flexibility index (Phi) is 3.54. The van der Waals surface area contributed by atoms with Crippen molar-refractivity contribution in [2.24, 2.45) is 0 Å². The van der Waals surface area contributed by atoms with E-state index in [-0.39, 0.29) is 5.56 Å². The molecule has 0 aliphatic rings. The molecule has 2 aromatic heterocycles. The Bertz CT molecular complexity index is 1110. The molecule has 0 amide bonds. The number of benzene rings is 2. The van der Waals surface area contributed by atoms with Gasteiger partial charge in [-0.2, -0.15) is 0 Å². The second kappa shape index (κ2) is 5.73. The maximum absolute atomic E-state index is 12.3. The molecule has 5 heteroatoms. The summed E-state index contributed by atoms with van der Waals surface area (Å²) in [5.74, 6) is 0. The minimum Gasteiger partial charge on any atom is -0.464 e. The molecule has 0 radical (unpaired) electrons. The lowest BCUT2D eigenvalue weighted by atomic mass is 10.1. The number of H-pyrrole nitrogens is 1. The van der Waals surface area contributed by atoms with Crippen LogP contribution in [0.4, 0.5) is 5.69 Å². The summed E-state index contributed by atoms with van der Waals surface area (Å²) >= 11 is 6.03. The third-order valence-electron chi connectivity index (χ3n) is 4.26. The van der Waals surface area contributed by atoms with E-state index in [0.717, 1.165) is 33.1 Å². The lowest BCUT2D eigenvalue weighted by Gasteiger charge is -2.10. The second-order valence-corrected chi connectivity index (χ2v) is 6.22. The van der Waals surface area contributed by atoms with Gasteiger partial charge in [-0.1, -0.05) is 11.6 Å². The number of hydrogen-bond donors (Lipinski definition) is 2. The van der Waals surface area contributed by atoms with E-state index < -0.39 is 0 Å². The molecule has 0 aliphatic heterocycles. The van der Waals surface area contributed by atoms with Crippen LogP contribution < -0.4 is 10.9 Å². The second-order valence-electron chi connectivity index (χ2n) is 5.78. The number of pyridine rings is 1. The molecule has 4 rings (SSSR count). The lowest BCUT2D eigenvalue weighted by Crippen LogP contribution is -2.15. The van der Waals surface area contributed by atoms with Crippen LogP contribution in [0.15, 0.2) is 57.9 Å². The number of halogens is 1. The molecule has 0 aliphatic carbocycles. The number of nitrogens with one attached hydrogen (secondary N) is 2. The Morgan fingerprint density at radius 1 is 1.17 bits per heavy atom. The van der Waals surface area contributed by atoms with Crippen LogP contribution in [0.25, 0.3) is 21.9 Å². The van der Waals surface area contributed by atoms with E-state index in [9.17, 15) is 4.79 Å². The highest BCUT2D eigenvalue weighted by Gasteiger charge is 2.08. The summed E-state index contributed by atoms with van der Waals surface area (Å²) in [6.07, 6.45) is 1.68. The molecule has 0 bridgehead atoms. The van der Waals surface area contributed by atoms with E-state index in [1.54, 1.807) is 12.3 Å². The van der Waals surface area contributed by atoms with E-state index >= 15 is 0 Å². The average Bonchev–Trinajstić information content (AvgIpc) is 3.04. The van der Waals surface area contributed by atoms with Gasteiger partial charge in [-0.3, -0.25) is 4.79 Å². The van der Waals surface area contributed by atoms with E-state index in [2.05, 4.69) is 10.3 Å². The van der Waals surface area contributed by atoms with Crippen LogP contribution in [0.1, 0.15) is 11.1 Å². The standard InChI is InChI=1S/C19H15ClN2O2/c1-11-15-6-7-24-18(15)5-4-16(11)21-10-13-8-12-9-14(20)2-3-17(12)22-19(13)23/h2-9,21H,10H2,1H3,(H,22,23). The van der Waals surface area contributed by atoms with E-state index in [4.69, 9.17) is 16.0 Å². The van der Waals surface area contributed by atoms with E-state index in [0.29, 0.717) is 17.1 Å².